The number of halogens is 1. The highest BCUT2D eigenvalue weighted by Crippen LogP contribution is 2.31. The second kappa shape index (κ2) is 16.5. The molecule has 0 aromatic heterocycles. The van der Waals surface area contributed by atoms with Crippen molar-refractivity contribution in [3.8, 4) is 0 Å². The zero-order valence-corrected chi connectivity index (χ0v) is 26.9. The highest BCUT2D eigenvalue weighted by molar-refractivity contribution is 7.99. The zero-order valence-electron chi connectivity index (χ0n) is 24.4. The van der Waals surface area contributed by atoms with Gasteiger partial charge in [-0.05, 0) is 50.0 Å². The van der Waals surface area contributed by atoms with Gasteiger partial charge in [0.05, 0.1) is 16.9 Å². The standard InChI is InChI=1S/C32H48N4O2S2.ClH/c37-30(29-22-40-23-36(29)32(38)26-13-7-8-14-26)34-28(16-15-24-9-3-1-4-10-24)31(39)33-27-17-19-35(20-18-27)21-25-11-5-2-6-12-25;/h2,5-6,11-12,24,26-29H,1,3-4,7-10,13-23H2,(H,33,39)(H,34,37);1H/t28-,29+;/m1./s1. The van der Waals surface area contributed by atoms with Crippen molar-refractivity contribution in [2.24, 2.45) is 11.8 Å². The van der Waals surface area contributed by atoms with E-state index in [2.05, 4.69) is 45.9 Å². The Hall–Kier alpha value is -1.35. The highest BCUT2D eigenvalue weighted by atomic mass is 35.5. The molecule has 41 heavy (non-hydrogen) atoms. The van der Waals surface area contributed by atoms with E-state index in [9.17, 15) is 9.59 Å². The second-order valence-corrected chi connectivity index (χ2v) is 13.9. The van der Waals surface area contributed by atoms with Gasteiger partial charge < -0.3 is 15.5 Å². The Labute approximate surface area is 262 Å². The lowest BCUT2D eigenvalue weighted by Gasteiger charge is -2.35. The summed E-state index contributed by atoms with van der Waals surface area (Å²) >= 11 is 7.69. The number of thiocarbonyl (C=S) groups is 1. The van der Waals surface area contributed by atoms with Gasteiger partial charge in [-0.15, -0.1) is 24.2 Å². The molecule has 0 unspecified atom stereocenters. The third-order valence-electron chi connectivity index (χ3n) is 9.58. The van der Waals surface area contributed by atoms with Gasteiger partial charge in [-0.1, -0.05) is 87.5 Å². The van der Waals surface area contributed by atoms with Gasteiger partial charge in [0.25, 0.3) is 0 Å². The normalized spacial score (nSPS) is 23.6. The first-order chi connectivity index (χ1) is 19.6. The summed E-state index contributed by atoms with van der Waals surface area (Å²) in [6.07, 6.45) is 14.9. The predicted molar refractivity (Wildman–Crippen MR) is 175 cm³/mol. The van der Waals surface area contributed by atoms with Crippen LogP contribution in [-0.2, 0) is 16.1 Å². The van der Waals surface area contributed by atoms with Gasteiger partial charge in [-0.2, -0.15) is 0 Å². The number of amides is 2. The zero-order chi connectivity index (χ0) is 27.7. The lowest BCUT2D eigenvalue weighted by atomic mass is 9.85. The molecule has 5 rings (SSSR count). The number of piperidine rings is 1. The number of carbonyl (C=O) groups excluding carboxylic acids is 2. The number of carbonyl (C=O) groups is 2. The molecule has 4 aliphatic rings. The Morgan fingerprint density at radius 3 is 2.34 bits per heavy atom. The van der Waals surface area contributed by atoms with Crippen molar-refractivity contribution in [2.75, 3.05) is 24.7 Å². The van der Waals surface area contributed by atoms with E-state index in [1.807, 2.05) is 4.90 Å². The summed E-state index contributed by atoms with van der Waals surface area (Å²) in [5.41, 5.74) is 1.36. The van der Waals surface area contributed by atoms with Gasteiger partial charge in [0.15, 0.2) is 0 Å². The fraction of sp³-hybridized carbons (Fsp3) is 0.719. The molecule has 2 saturated heterocycles. The van der Waals surface area contributed by atoms with Crippen LogP contribution >= 0.6 is 36.4 Å². The summed E-state index contributed by atoms with van der Waals surface area (Å²) in [5, 5.41) is 7.01. The number of thioether (sulfide) groups is 1. The van der Waals surface area contributed by atoms with Crippen LogP contribution in [0.4, 0.5) is 0 Å². The molecular weight excluding hydrogens is 572 g/mol. The SMILES string of the molecule is Cl.O=C(N[C@H](CCC1CCCCC1)C(=S)NC1CCN(Cc2ccccc2)CC1)[C@@H]1CSCN1C(=O)C1CCCC1. The largest absolute Gasteiger partial charge is 0.375 e. The first-order valence-corrected chi connectivity index (χ1v) is 17.4. The summed E-state index contributed by atoms with van der Waals surface area (Å²) in [6.45, 7) is 3.09. The fourth-order valence-electron chi connectivity index (χ4n) is 7.08. The number of rotatable bonds is 10. The summed E-state index contributed by atoms with van der Waals surface area (Å²) in [4.78, 5) is 32.0. The number of benzene rings is 1. The average molecular weight is 621 g/mol. The van der Waals surface area contributed by atoms with E-state index < -0.39 is 0 Å². The lowest BCUT2D eigenvalue weighted by molar-refractivity contribution is -0.141. The van der Waals surface area contributed by atoms with Crippen molar-refractivity contribution in [3.63, 3.8) is 0 Å². The van der Waals surface area contributed by atoms with E-state index in [1.165, 1.54) is 37.7 Å². The summed E-state index contributed by atoms with van der Waals surface area (Å²) in [7, 11) is 0. The molecule has 2 aliphatic heterocycles. The van der Waals surface area contributed by atoms with Crippen LogP contribution in [0.15, 0.2) is 30.3 Å². The van der Waals surface area contributed by atoms with E-state index in [1.54, 1.807) is 11.8 Å². The van der Waals surface area contributed by atoms with Crippen LogP contribution in [0.3, 0.4) is 0 Å². The van der Waals surface area contributed by atoms with E-state index in [0.29, 0.717) is 17.7 Å². The minimum atomic E-state index is -0.376. The summed E-state index contributed by atoms with van der Waals surface area (Å²) < 4.78 is 0. The van der Waals surface area contributed by atoms with Crippen LogP contribution < -0.4 is 10.6 Å². The summed E-state index contributed by atoms with van der Waals surface area (Å²) in [5.74, 6) is 2.31. The van der Waals surface area contributed by atoms with E-state index in [4.69, 9.17) is 12.2 Å². The van der Waals surface area contributed by atoms with Crippen LogP contribution in [-0.4, -0.2) is 69.4 Å². The van der Waals surface area contributed by atoms with Crippen LogP contribution in [0.1, 0.15) is 89.0 Å². The first kappa shape index (κ1) is 32.6. The third-order valence-corrected chi connectivity index (χ3v) is 11.0. The van der Waals surface area contributed by atoms with E-state index >= 15 is 0 Å². The smallest absolute Gasteiger partial charge is 0.244 e. The lowest BCUT2D eigenvalue weighted by Crippen LogP contribution is -2.55. The summed E-state index contributed by atoms with van der Waals surface area (Å²) in [6, 6.07) is 10.5. The molecule has 6 nitrogen and oxygen atoms in total. The Kier molecular flexibility index (Phi) is 13.1. The number of nitrogens with one attached hydrogen (secondary N) is 2. The molecule has 9 heteroatoms. The molecule has 1 aromatic rings. The Morgan fingerprint density at radius 2 is 1.63 bits per heavy atom. The maximum Gasteiger partial charge on any atom is 0.244 e. The average Bonchev–Trinajstić information content (AvgIpc) is 3.70. The van der Waals surface area contributed by atoms with Crippen LogP contribution in [0.25, 0.3) is 0 Å². The van der Waals surface area contributed by atoms with Gasteiger partial charge in [-0.3, -0.25) is 14.5 Å². The van der Waals surface area contributed by atoms with Crippen LogP contribution in [0.5, 0.6) is 0 Å². The molecule has 0 radical (unpaired) electrons. The molecule has 2 saturated carbocycles. The molecule has 228 valence electrons. The van der Waals surface area contributed by atoms with Crippen molar-refractivity contribution in [1.82, 2.24) is 20.4 Å². The van der Waals surface area contributed by atoms with Crippen molar-refractivity contribution >= 4 is 53.2 Å². The van der Waals surface area contributed by atoms with Crippen molar-refractivity contribution in [2.45, 2.75) is 108 Å². The molecule has 2 aliphatic carbocycles. The van der Waals surface area contributed by atoms with Crippen molar-refractivity contribution in [1.29, 1.82) is 0 Å². The minimum Gasteiger partial charge on any atom is -0.375 e. The molecule has 1 aromatic carbocycles. The third kappa shape index (κ3) is 9.32. The first-order valence-electron chi connectivity index (χ1n) is 15.8. The maximum absolute atomic E-state index is 13.6. The molecule has 2 N–H and O–H groups in total. The quantitative estimate of drug-likeness (QED) is 0.316. The topological polar surface area (TPSA) is 64.7 Å². The van der Waals surface area contributed by atoms with Crippen molar-refractivity contribution in [3.05, 3.63) is 35.9 Å². The number of hydrogen-bond donors (Lipinski definition) is 2. The predicted octanol–water partition coefficient (Wildman–Crippen LogP) is 5.93. The fourth-order valence-corrected chi connectivity index (χ4v) is 8.59. The van der Waals surface area contributed by atoms with Crippen LogP contribution in [0.2, 0.25) is 0 Å². The molecule has 2 heterocycles. The van der Waals surface area contributed by atoms with Gasteiger partial charge >= 0.3 is 0 Å². The van der Waals surface area contributed by atoms with E-state index in [-0.39, 0.29) is 42.2 Å². The van der Waals surface area contributed by atoms with Gasteiger partial charge in [-0.25, -0.2) is 0 Å². The van der Waals surface area contributed by atoms with Gasteiger partial charge in [0.1, 0.15) is 6.04 Å². The molecule has 0 bridgehead atoms. The Bertz CT molecular complexity index is 979. The van der Waals surface area contributed by atoms with Crippen LogP contribution in [0, 0.1) is 11.8 Å². The maximum atomic E-state index is 13.6. The molecule has 4 fully saturated rings. The molecule has 2 atom stereocenters. The molecular formula is C32H49ClN4O2S2. The Balaban J connectivity index is 0.00000387. The van der Waals surface area contributed by atoms with E-state index in [0.717, 1.165) is 81.9 Å². The van der Waals surface area contributed by atoms with Gasteiger partial charge in [0, 0.05) is 37.3 Å². The molecule has 2 amide bonds. The molecule has 0 spiro atoms. The Morgan fingerprint density at radius 1 is 0.951 bits per heavy atom. The second-order valence-electron chi connectivity index (χ2n) is 12.5. The van der Waals surface area contributed by atoms with Crippen molar-refractivity contribution < 1.29 is 9.59 Å². The number of nitrogens with zero attached hydrogens (tertiary/aromatic N) is 2. The van der Waals surface area contributed by atoms with Gasteiger partial charge in [0.2, 0.25) is 11.8 Å². The number of hydrogen-bond acceptors (Lipinski definition) is 5. The highest BCUT2D eigenvalue weighted by Gasteiger charge is 2.39. The number of likely N-dealkylation sites (tertiary alicyclic amines) is 1. The monoisotopic (exact) mass is 620 g/mol. The minimum absolute atomic E-state index is 0.